The molecule has 0 aliphatic carbocycles. The average molecular weight is 278 g/mol. The lowest BCUT2D eigenvalue weighted by atomic mass is 9.84. The van der Waals surface area contributed by atoms with E-state index in [9.17, 15) is 5.21 Å². The van der Waals surface area contributed by atoms with Gasteiger partial charge in [0.15, 0.2) is 0 Å². The van der Waals surface area contributed by atoms with Crippen LogP contribution in [-0.4, -0.2) is 22.2 Å². The molecule has 1 heterocycles. The lowest BCUT2D eigenvalue weighted by Gasteiger charge is -2.29. The van der Waals surface area contributed by atoms with Crippen LogP contribution < -0.4 is 0 Å². The number of oxime groups is 1. The molecule has 0 bridgehead atoms. The topological polar surface area (TPSA) is 45.0 Å². The summed E-state index contributed by atoms with van der Waals surface area (Å²) in [5, 5.41) is 13.1. The van der Waals surface area contributed by atoms with Gasteiger partial charge >= 0.3 is 0 Å². The van der Waals surface area contributed by atoms with Crippen LogP contribution in [0, 0.1) is 0 Å². The van der Waals surface area contributed by atoms with Crippen molar-refractivity contribution in [2.24, 2.45) is 10.1 Å². The van der Waals surface area contributed by atoms with Gasteiger partial charge in [0.1, 0.15) is 5.71 Å². The van der Waals surface area contributed by atoms with Crippen molar-refractivity contribution in [3.05, 3.63) is 71.3 Å². The minimum absolute atomic E-state index is 0.200. The molecular formula is C18H18N2O. The molecule has 0 radical (unpaired) electrons. The molecule has 3 nitrogen and oxygen atoms in total. The van der Waals surface area contributed by atoms with Gasteiger partial charge in [-0.2, -0.15) is 0 Å². The highest BCUT2D eigenvalue weighted by atomic mass is 16.4. The smallest absolute Gasteiger partial charge is 0.135 e. The van der Waals surface area contributed by atoms with Crippen LogP contribution in [0.3, 0.4) is 0 Å². The SMILES string of the molecule is CC1(C)Cc2ccccc2C(/C(=N\O)c2ccccc2)=N1. The Labute approximate surface area is 124 Å². The van der Waals surface area contributed by atoms with Crippen molar-refractivity contribution in [3.63, 3.8) is 0 Å². The number of rotatable bonds is 2. The van der Waals surface area contributed by atoms with Crippen LogP contribution in [0.25, 0.3) is 0 Å². The number of hydrogen-bond donors (Lipinski definition) is 1. The van der Waals surface area contributed by atoms with Crippen molar-refractivity contribution in [2.45, 2.75) is 25.8 Å². The zero-order valence-corrected chi connectivity index (χ0v) is 12.2. The first kappa shape index (κ1) is 13.6. The first-order valence-corrected chi connectivity index (χ1v) is 7.07. The fourth-order valence-corrected chi connectivity index (χ4v) is 2.79. The molecule has 106 valence electrons. The molecule has 1 N–H and O–H groups in total. The number of benzene rings is 2. The largest absolute Gasteiger partial charge is 0.410 e. The molecule has 3 rings (SSSR count). The van der Waals surface area contributed by atoms with E-state index in [0.29, 0.717) is 5.71 Å². The summed E-state index contributed by atoms with van der Waals surface area (Å²) in [5.74, 6) is 0. The van der Waals surface area contributed by atoms with E-state index in [1.807, 2.05) is 48.5 Å². The predicted molar refractivity (Wildman–Crippen MR) is 85.5 cm³/mol. The molecule has 0 saturated heterocycles. The van der Waals surface area contributed by atoms with Gasteiger partial charge in [0.2, 0.25) is 0 Å². The molecule has 0 atom stereocenters. The summed E-state index contributed by atoms with van der Waals surface area (Å²) >= 11 is 0. The lowest BCUT2D eigenvalue weighted by molar-refractivity contribution is 0.320. The summed E-state index contributed by atoms with van der Waals surface area (Å²) in [5.41, 5.74) is 4.24. The Morgan fingerprint density at radius 1 is 1.05 bits per heavy atom. The molecule has 3 heteroatoms. The second-order valence-electron chi connectivity index (χ2n) is 5.92. The van der Waals surface area contributed by atoms with E-state index >= 15 is 0 Å². The van der Waals surface area contributed by atoms with Gasteiger partial charge < -0.3 is 5.21 Å². The van der Waals surface area contributed by atoms with E-state index < -0.39 is 0 Å². The third-order valence-electron chi connectivity index (χ3n) is 3.68. The maximum atomic E-state index is 9.53. The van der Waals surface area contributed by atoms with Crippen LogP contribution in [0.4, 0.5) is 0 Å². The summed E-state index contributed by atoms with van der Waals surface area (Å²) in [4.78, 5) is 4.83. The number of fused-ring (bicyclic) bond motifs is 1. The van der Waals surface area contributed by atoms with Gasteiger partial charge in [-0.15, -0.1) is 0 Å². The fraction of sp³-hybridized carbons (Fsp3) is 0.222. The predicted octanol–water partition coefficient (Wildman–Crippen LogP) is 3.69. The number of aliphatic imine (C=N–C) groups is 1. The summed E-state index contributed by atoms with van der Waals surface area (Å²) in [6, 6.07) is 17.9. The van der Waals surface area contributed by atoms with Crippen molar-refractivity contribution in [1.29, 1.82) is 0 Å². The van der Waals surface area contributed by atoms with E-state index in [1.165, 1.54) is 5.56 Å². The van der Waals surface area contributed by atoms with E-state index in [-0.39, 0.29) is 5.54 Å². The van der Waals surface area contributed by atoms with Gasteiger partial charge in [0.05, 0.1) is 11.3 Å². The van der Waals surface area contributed by atoms with E-state index in [0.717, 1.165) is 23.3 Å². The van der Waals surface area contributed by atoms with Crippen LogP contribution in [-0.2, 0) is 6.42 Å². The molecule has 0 aromatic heterocycles. The Kier molecular flexibility index (Phi) is 3.34. The van der Waals surface area contributed by atoms with Crippen LogP contribution in [0.2, 0.25) is 0 Å². The van der Waals surface area contributed by atoms with E-state index in [1.54, 1.807) is 0 Å². The lowest BCUT2D eigenvalue weighted by Crippen LogP contribution is -2.32. The van der Waals surface area contributed by atoms with Crippen molar-refractivity contribution < 1.29 is 5.21 Å². The molecule has 2 aromatic carbocycles. The van der Waals surface area contributed by atoms with Gasteiger partial charge in [-0.3, -0.25) is 4.99 Å². The van der Waals surface area contributed by atoms with Gasteiger partial charge in [-0.1, -0.05) is 59.8 Å². The average Bonchev–Trinajstić information content (AvgIpc) is 2.48. The first-order chi connectivity index (χ1) is 10.1. The summed E-state index contributed by atoms with van der Waals surface area (Å²) in [6.07, 6.45) is 0.889. The maximum absolute atomic E-state index is 9.53. The first-order valence-electron chi connectivity index (χ1n) is 7.07. The Bertz CT molecular complexity index is 715. The second kappa shape index (κ2) is 5.17. The Balaban J connectivity index is 2.17. The second-order valence-corrected chi connectivity index (χ2v) is 5.92. The Hall–Kier alpha value is -2.42. The zero-order valence-electron chi connectivity index (χ0n) is 12.2. The van der Waals surface area contributed by atoms with Crippen molar-refractivity contribution in [2.75, 3.05) is 0 Å². The maximum Gasteiger partial charge on any atom is 0.135 e. The highest BCUT2D eigenvalue weighted by Gasteiger charge is 2.29. The Morgan fingerprint density at radius 2 is 1.71 bits per heavy atom. The standard InChI is InChI=1S/C18H18N2O/c1-18(2)12-14-10-6-7-11-15(14)17(19-18)16(20-21)13-8-4-3-5-9-13/h3-11,21H,12H2,1-2H3/b20-16-. The van der Waals surface area contributed by atoms with E-state index in [4.69, 9.17) is 4.99 Å². The summed E-state index contributed by atoms with van der Waals surface area (Å²) in [6.45, 7) is 4.20. The van der Waals surface area contributed by atoms with Gasteiger partial charge in [-0.25, -0.2) is 0 Å². The van der Waals surface area contributed by atoms with Gasteiger partial charge in [0.25, 0.3) is 0 Å². The third-order valence-corrected chi connectivity index (χ3v) is 3.68. The molecule has 21 heavy (non-hydrogen) atoms. The molecule has 0 fully saturated rings. The van der Waals surface area contributed by atoms with Crippen molar-refractivity contribution in [3.8, 4) is 0 Å². The van der Waals surface area contributed by atoms with Gasteiger partial charge in [0, 0.05) is 11.1 Å². The molecule has 1 aliphatic rings. The van der Waals surface area contributed by atoms with Crippen LogP contribution in [0.1, 0.15) is 30.5 Å². The third kappa shape index (κ3) is 2.59. The molecule has 0 spiro atoms. The highest BCUT2D eigenvalue weighted by Crippen LogP contribution is 2.28. The number of nitrogens with zero attached hydrogens (tertiary/aromatic N) is 2. The van der Waals surface area contributed by atoms with E-state index in [2.05, 4.69) is 25.1 Å². The minimum atomic E-state index is -0.200. The summed E-state index contributed by atoms with van der Waals surface area (Å²) < 4.78 is 0. The zero-order chi connectivity index (χ0) is 14.9. The molecule has 0 saturated carbocycles. The fourth-order valence-electron chi connectivity index (χ4n) is 2.79. The number of hydrogen-bond acceptors (Lipinski definition) is 3. The van der Waals surface area contributed by atoms with Crippen LogP contribution in [0.5, 0.6) is 0 Å². The molecule has 0 unspecified atom stereocenters. The normalized spacial score (nSPS) is 17.0. The monoisotopic (exact) mass is 278 g/mol. The quantitative estimate of drug-likeness (QED) is 0.508. The molecular weight excluding hydrogens is 260 g/mol. The highest BCUT2D eigenvalue weighted by molar-refractivity contribution is 6.53. The van der Waals surface area contributed by atoms with Crippen molar-refractivity contribution in [1.82, 2.24) is 0 Å². The molecule has 0 amide bonds. The van der Waals surface area contributed by atoms with Crippen LogP contribution >= 0.6 is 0 Å². The molecule has 2 aromatic rings. The molecule has 1 aliphatic heterocycles. The summed E-state index contributed by atoms with van der Waals surface area (Å²) in [7, 11) is 0. The van der Waals surface area contributed by atoms with Gasteiger partial charge in [-0.05, 0) is 25.8 Å². The Morgan fingerprint density at radius 3 is 2.43 bits per heavy atom. The van der Waals surface area contributed by atoms with Crippen LogP contribution in [0.15, 0.2) is 64.7 Å². The van der Waals surface area contributed by atoms with Crippen molar-refractivity contribution >= 4 is 11.4 Å². The minimum Gasteiger partial charge on any atom is -0.410 e.